The molecule has 1 atom stereocenters. The van der Waals surface area contributed by atoms with E-state index in [4.69, 9.17) is 10.7 Å². The third-order valence-corrected chi connectivity index (χ3v) is 6.93. The molecule has 2 amide bonds. The van der Waals surface area contributed by atoms with Crippen molar-refractivity contribution in [2.45, 2.75) is 70.9 Å². The smallest absolute Gasteiger partial charge is 0.315 e. The molecule has 0 saturated heterocycles. The average molecular weight is 554 g/mol. The minimum Gasteiger partial charge on any atom is -0.384 e. The standard InChI is InChI=1S/C29H37BrN4O2/c1-3-5-14-29(24-8-7-9-25(30)19-24)26(35)17-23(18-27(31)34-29)16-21-10-12-22(13-11-21)20-33-28(36)32-15-6-4-2/h7-13,18-19H,3-6,14-17,20H2,1-2H3,(H2,31,34)(H2,32,33,36). The summed E-state index contributed by atoms with van der Waals surface area (Å²) in [5, 5.41) is 5.73. The van der Waals surface area contributed by atoms with Gasteiger partial charge in [0, 0.05) is 24.0 Å². The fourth-order valence-corrected chi connectivity index (χ4v) is 4.84. The monoisotopic (exact) mass is 552 g/mol. The highest BCUT2D eigenvalue weighted by Crippen LogP contribution is 2.38. The van der Waals surface area contributed by atoms with E-state index in [0.29, 0.717) is 38.2 Å². The molecule has 1 unspecified atom stereocenters. The van der Waals surface area contributed by atoms with E-state index in [2.05, 4.69) is 40.4 Å². The predicted molar refractivity (Wildman–Crippen MR) is 150 cm³/mol. The summed E-state index contributed by atoms with van der Waals surface area (Å²) in [4.78, 5) is 30.4. The number of nitrogens with one attached hydrogen (secondary N) is 2. The van der Waals surface area contributed by atoms with E-state index in [1.165, 1.54) is 0 Å². The highest BCUT2D eigenvalue weighted by atomic mass is 79.9. The Morgan fingerprint density at radius 1 is 1.06 bits per heavy atom. The highest BCUT2D eigenvalue weighted by Gasteiger charge is 2.40. The lowest BCUT2D eigenvalue weighted by Gasteiger charge is -2.29. The zero-order valence-corrected chi connectivity index (χ0v) is 22.9. The third kappa shape index (κ3) is 7.53. The number of carbonyl (C=O) groups excluding carboxylic acids is 2. The Labute approximate surface area is 223 Å². The number of nitrogens with two attached hydrogens (primary N) is 1. The summed E-state index contributed by atoms with van der Waals surface area (Å²) in [7, 11) is 0. The van der Waals surface area contributed by atoms with E-state index >= 15 is 0 Å². The lowest BCUT2D eigenvalue weighted by molar-refractivity contribution is -0.124. The van der Waals surface area contributed by atoms with Gasteiger partial charge in [-0.05, 0) is 54.2 Å². The number of rotatable bonds is 11. The zero-order chi connectivity index (χ0) is 26.0. The Morgan fingerprint density at radius 3 is 2.47 bits per heavy atom. The van der Waals surface area contributed by atoms with Gasteiger partial charge in [-0.2, -0.15) is 0 Å². The summed E-state index contributed by atoms with van der Waals surface area (Å²) in [5.74, 6) is 0.470. The quantitative estimate of drug-likeness (QED) is 0.301. The molecule has 3 rings (SSSR count). The summed E-state index contributed by atoms with van der Waals surface area (Å²) in [6, 6.07) is 15.8. The maximum absolute atomic E-state index is 13.7. The van der Waals surface area contributed by atoms with Crippen LogP contribution in [0, 0.1) is 0 Å². The van der Waals surface area contributed by atoms with Gasteiger partial charge in [-0.3, -0.25) is 4.79 Å². The molecule has 0 fully saturated rings. The molecule has 0 spiro atoms. The van der Waals surface area contributed by atoms with Gasteiger partial charge in [0.2, 0.25) is 0 Å². The number of nitrogens with zero attached hydrogens (tertiary/aromatic N) is 1. The zero-order valence-electron chi connectivity index (χ0n) is 21.3. The summed E-state index contributed by atoms with van der Waals surface area (Å²) in [6.07, 6.45) is 7.30. The number of urea groups is 1. The van der Waals surface area contributed by atoms with E-state index in [-0.39, 0.29) is 11.8 Å². The normalized spacial score (nSPS) is 17.7. The summed E-state index contributed by atoms with van der Waals surface area (Å²) in [5.41, 5.74) is 9.34. The predicted octanol–water partition coefficient (Wildman–Crippen LogP) is 5.93. The number of hydrogen-bond acceptors (Lipinski definition) is 4. The number of allylic oxidation sites excluding steroid dienone is 1. The van der Waals surface area contributed by atoms with Crippen molar-refractivity contribution in [3.63, 3.8) is 0 Å². The largest absolute Gasteiger partial charge is 0.384 e. The van der Waals surface area contributed by atoms with Gasteiger partial charge >= 0.3 is 6.03 Å². The fraction of sp³-hybridized carbons (Fsp3) is 0.414. The molecule has 0 bridgehead atoms. The number of unbranched alkanes of at least 4 members (excludes halogenated alkanes) is 2. The second-order valence-electron chi connectivity index (χ2n) is 9.37. The summed E-state index contributed by atoms with van der Waals surface area (Å²) in [6.45, 7) is 5.35. The van der Waals surface area contributed by atoms with Crippen LogP contribution in [0.3, 0.4) is 0 Å². The van der Waals surface area contributed by atoms with Crippen molar-refractivity contribution in [3.05, 3.63) is 81.3 Å². The Hall–Kier alpha value is -2.93. The summed E-state index contributed by atoms with van der Waals surface area (Å²) >= 11 is 3.54. The molecule has 4 N–H and O–H groups in total. The molecule has 0 radical (unpaired) electrons. The molecule has 0 aliphatic carbocycles. The van der Waals surface area contributed by atoms with Crippen LogP contribution in [-0.4, -0.2) is 24.2 Å². The molecule has 36 heavy (non-hydrogen) atoms. The molecule has 1 aliphatic rings. The maximum Gasteiger partial charge on any atom is 0.315 e. The van der Waals surface area contributed by atoms with Crippen molar-refractivity contribution >= 4 is 33.6 Å². The number of carbonyl (C=O) groups is 2. The van der Waals surface area contributed by atoms with Crippen molar-refractivity contribution in [3.8, 4) is 0 Å². The Bertz CT molecular complexity index is 1110. The molecule has 2 aromatic rings. The van der Waals surface area contributed by atoms with E-state index in [1.807, 2.05) is 54.6 Å². The van der Waals surface area contributed by atoms with E-state index < -0.39 is 5.54 Å². The fourth-order valence-electron chi connectivity index (χ4n) is 4.45. The number of amides is 2. The number of aliphatic imine (C=N–C) groups is 1. The Kier molecular flexibility index (Phi) is 10.3. The molecule has 0 saturated carbocycles. The van der Waals surface area contributed by atoms with Gasteiger partial charge < -0.3 is 16.4 Å². The van der Waals surface area contributed by atoms with Crippen LogP contribution in [-0.2, 0) is 23.3 Å². The van der Waals surface area contributed by atoms with Gasteiger partial charge in [-0.25, -0.2) is 9.79 Å². The van der Waals surface area contributed by atoms with Gasteiger partial charge in [0.25, 0.3) is 0 Å². The maximum atomic E-state index is 13.7. The molecule has 2 aromatic carbocycles. The lowest BCUT2D eigenvalue weighted by atomic mass is 9.79. The van der Waals surface area contributed by atoms with Crippen LogP contribution >= 0.6 is 15.9 Å². The average Bonchev–Trinajstić information content (AvgIpc) is 2.97. The first-order valence-electron chi connectivity index (χ1n) is 12.8. The lowest BCUT2D eigenvalue weighted by Crippen LogP contribution is -2.35. The second kappa shape index (κ2) is 13.4. The molecule has 192 valence electrons. The number of benzene rings is 2. The Morgan fingerprint density at radius 2 is 1.78 bits per heavy atom. The first-order valence-corrected chi connectivity index (χ1v) is 13.6. The first kappa shape index (κ1) is 27.7. The van der Waals surface area contributed by atoms with Crippen LogP contribution in [0.25, 0.3) is 0 Å². The molecule has 1 aliphatic heterocycles. The minimum atomic E-state index is -0.963. The van der Waals surface area contributed by atoms with Crippen LogP contribution in [0.1, 0.15) is 69.1 Å². The molecular weight excluding hydrogens is 516 g/mol. The van der Waals surface area contributed by atoms with Crippen LogP contribution in [0.2, 0.25) is 0 Å². The second-order valence-corrected chi connectivity index (χ2v) is 10.3. The van der Waals surface area contributed by atoms with Crippen LogP contribution in [0.5, 0.6) is 0 Å². The number of halogens is 1. The SMILES string of the molecule is CCCCNC(=O)NCc1ccc(CC2=CC(N)=NC(CCCC)(c3cccc(Br)c3)C(=O)C2)cc1. The van der Waals surface area contributed by atoms with Crippen LogP contribution in [0.15, 0.2) is 69.6 Å². The topological polar surface area (TPSA) is 96.6 Å². The van der Waals surface area contributed by atoms with Crippen molar-refractivity contribution in [2.75, 3.05) is 6.54 Å². The molecule has 0 aromatic heterocycles. The van der Waals surface area contributed by atoms with Crippen molar-refractivity contribution in [1.29, 1.82) is 0 Å². The summed E-state index contributed by atoms with van der Waals surface area (Å²) < 4.78 is 0.919. The van der Waals surface area contributed by atoms with E-state index in [9.17, 15) is 9.59 Å². The van der Waals surface area contributed by atoms with E-state index in [1.54, 1.807) is 0 Å². The third-order valence-electron chi connectivity index (χ3n) is 6.44. The van der Waals surface area contributed by atoms with Crippen molar-refractivity contribution in [2.24, 2.45) is 10.7 Å². The van der Waals surface area contributed by atoms with Crippen LogP contribution in [0.4, 0.5) is 4.79 Å². The van der Waals surface area contributed by atoms with Crippen molar-refractivity contribution < 1.29 is 9.59 Å². The van der Waals surface area contributed by atoms with Gasteiger partial charge in [0.05, 0.1) is 0 Å². The van der Waals surface area contributed by atoms with Crippen LogP contribution < -0.4 is 16.4 Å². The van der Waals surface area contributed by atoms with Gasteiger partial charge in [-0.1, -0.05) is 91.0 Å². The molecule has 6 nitrogen and oxygen atoms in total. The number of hydrogen-bond donors (Lipinski definition) is 3. The number of ketones is 1. The van der Waals surface area contributed by atoms with Gasteiger partial charge in [0.1, 0.15) is 11.4 Å². The van der Waals surface area contributed by atoms with E-state index in [0.717, 1.165) is 52.4 Å². The molecule has 7 heteroatoms. The minimum absolute atomic E-state index is 0.0793. The molecule has 1 heterocycles. The van der Waals surface area contributed by atoms with Gasteiger partial charge in [-0.15, -0.1) is 0 Å². The molecular formula is C29H37BrN4O2. The highest BCUT2D eigenvalue weighted by molar-refractivity contribution is 9.10. The number of amidine groups is 1. The number of Topliss-reactive ketones (excluding diaryl/α,β-unsaturated/α-hetero) is 1. The van der Waals surface area contributed by atoms with Gasteiger partial charge in [0.15, 0.2) is 5.78 Å². The first-order chi connectivity index (χ1) is 17.4. The Balaban J connectivity index is 1.69. The van der Waals surface area contributed by atoms with Crippen molar-refractivity contribution in [1.82, 2.24) is 10.6 Å².